The van der Waals surface area contributed by atoms with Crippen molar-refractivity contribution in [2.45, 2.75) is 6.61 Å². The number of carbonyl (C=O) groups is 2. The van der Waals surface area contributed by atoms with Gasteiger partial charge in [-0.15, -0.1) is 0 Å². The Morgan fingerprint density at radius 2 is 1.83 bits per heavy atom. The van der Waals surface area contributed by atoms with Gasteiger partial charge in [-0.3, -0.25) is 0 Å². The number of nitrogens with zero attached hydrogens (tertiary/aromatic N) is 1. The Morgan fingerprint density at radius 1 is 1.17 bits per heavy atom. The second-order valence-electron chi connectivity index (χ2n) is 4.56. The molecule has 0 aromatic heterocycles. The van der Waals surface area contributed by atoms with Crippen LogP contribution in [-0.2, 0) is 23.8 Å². The Kier molecular flexibility index (Phi) is 5.69. The molecule has 24 heavy (non-hydrogen) atoms. The molecule has 0 saturated heterocycles. The largest absolute Gasteiger partial charge is 0.466 e. The second kappa shape index (κ2) is 7.73. The van der Waals surface area contributed by atoms with Gasteiger partial charge in [-0.1, -0.05) is 12.1 Å². The lowest BCUT2D eigenvalue weighted by atomic mass is 10.1. The van der Waals surface area contributed by atoms with Gasteiger partial charge in [-0.05, 0) is 12.1 Å². The molecule has 0 N–H and O–H groups in total. The van der Waals surface area contributed by atoms with Crippen molar-refractivity contribution in [3.8, 4) is 5.75 Å². The summed E-state index contributed by atoms with van der Waals surface area (Å²) in [6.07, 6.45) is 0. The Morgan fingerprint density at radius 3 is 2.46 bits per heavy atom. The highest BCUT2D eigenvalue weighted by atomic mass is 19.3. The predicted octanol–water partition coefficient (Wildman–Crippen LogP) is 1.68. The van der Waals surface area contributed by atoms with Crippen LogP contribution in [0.15, 0.2) is 35.5 Å². The van der Waals surface area contributed by atoms with Crippen molar-refractivity contribution in [2.24, 2.45) is 0 Å². The summed E-state index contributed by atoms with van der Waals surface area (Å²) in [7, 11) is 2.29. The lowest BCUT2D eigenvalue weighted by molar-refractivity contribution is -0.140. The quantitative estimate of drug-likeness (QED) is 0.753. The number of para-hydroxylation sites is 2. The van der Waals surface area contributed by atoms with Crippen LogP contribution in [0.25, 0.3) is 0 Å². The summed E-state index contributed by atoms with van der Waals surface area (Å²) in [6, 6.07) is 5.82. The van der Waals surface area contributed by atoms with Gasteiger partial charge in [0, 0.05) is 0 Å². The Bertz CT molecular complexity index is 661. The molecule has 0 amide bonds. The number of methoxy groups -OCH3 is 2. The van der Waals surface area contributed by atoms with Crippen LogP contribution >= 0.6 is 0 Å². The third-order valence-corrected chi connectivity index (χ3v) is 3.21. The molecule has 1 aliphatic rings. The first-order valence-corrected chi connectivity index (χ1v) is 6.78. The third kappa shape index (κ3) is 3.62. The topological polar surface area (TPSA) is 74.3 Å². The monoisotopic (exact) mass is 343 g/mol. The number of carbonyl (C=O) groups excluding carboxylic acids is 2. The van der Waals surface area contributed by atoms with Crippen LogP contribution in [0.4, 0.5) is 14.5 Å². The average Bonchev–Trinajstić information content (AvgIpc) is 2.59. The first kappa shape index (κ1) is 17.7. The maximum Gasteiger partial charge on any atom is 0.387 e. The van der Waals surface area contributed by atoms with Gasteiger partial charge >= 0.3 is 18.6 Å². The van der Waals surface area contributed by atoms with E-state index in [-0.39, 0.29) is 36.0 Å². The van der Waals surface area contributed by atoms with Gasteiger partial charge in [0.1, 0.15) is 18.2 Å². The van der Waals surface area contributed by atoms with E-state index in [0.717, 1.165) is 14.2 Å². The fourth-order valence-corrected chi connectivity index (χ4v) is 2.21. The summed E-state index contributed by atoms with van der Waals surface area (Å²) in [5.74, 6) is -1.79. The summed E-state index contributed by atoms with van der Waals surface area (Å²) in [5, 5.41) is 0. The standard InChI is InChI=1S/C15H15F2NO6/c1-21-13(19)9-7-23-8-18(12(9)14(20)22-2)10-5-3-4-6-11(10)24-15(16)17/h3-6,15H,7-8H2,1-2H3. The van der Waals surface area contributed by atoms with Crippen molar-refractivity contribution in [2.75, 3.05) is 32.5 Å². The number of benzene rings is 1. The Balaban J connectivity index is 2.55. The van der Waals surface area contributed by atoms with Gasteiger partial charge in [0.05, 0.1) is 32.1 Å². The molecule has 0 unspecified atom stereocenters. The summed E-state index contributed by atoms with van der Waals surface area (Å²) >= 11 is 0. The van der Waals surface area contributed by atoms with E-state index in [1.54, 1.807) is 6.07 Å². The van der Waals surface area contributed by atoms with E-state index < -0.39 is 18.6 Å². The molecule has 0 atom stereocenters. The first-order valence-electron chi connectivity index (χ1n) is 6.78. The van der Waals surface area contributed by atoms with Gasteiger partial charge in [0.15, 0.2) is 0 Å². The smallest absolute Gasteiger partial charge is 0.387 e. The number of ether oxygens (including phenoxy) is 4. The molecule has 1 aliphatic heterocycles. The molecule has 1 aromatic rings. The van der Waals surface area contributed by atoms with Crippen molar-refractivity contribution in [1.82, 2.24) is 0 Å². The van der Waals surface area contributed by atoms with E-state index in [4.69, 9.17) is 9.47 Å². The van der Waals surface area contributed by atoms with Gasteiger partial charge in [-0.25, -0.2) is 9.59 Å². The molecule has 2 rings (SSSR count). The zero-order chi connectivity index (χ0) is 17.7. The number of esters is 2. The number of hydrogen-bond donors (Lipinski definition) is 0. The maximum absolute atomic E-state index is 12.6. The minimum atomic E-state index is -3.05. The number of alkyl halides is 2. The highest BCUT2D eigenvalue weighted by Gasteiger charge is 2.33. The molecule has 0 bridgehead atoms. The summed E-state index contributed by atoms with van der Waals surface area (Å²) < 4.78 is 44.3. The highest BCUT2D eigenvalue weighted by Crippen LogP contribution is 2.34. The van der Waals surface area contributed by atoms with Gasteiger partial charge in [-0.2, -0.15) is 8.78 Å². The van der Waals surface area contributed by atoms with E-state index in [1.165, 1.54) is 23.1 Å². The normalized spacial score (nSPS) is 14.6. The van der Waals surface area contributed by atoms with Crippen molar-refractivity contribution >= 4 is 17.6 Å². The number of halogens is 2. The summed E-state index contributed by atoms with van der Waals surface area (Å²) in [5.41, 5.74) is -0.109. The van der Waals surface area contributed by atoms with Gasteiger partial charge in [0.2, 0.25) is 0 Å². The molecule has 130 valence electrons. The maximum atomic E-state index is 12.6. The van der Waals surface area contributed by atoms with E-state index >= 15 is 0 Å². The summed E-state index contributed by atoms with van der Waals surface area (Å²) in [4.78, 5) is 25.3. The van der Waals surface area contributed by atoms with Crippen molar-refractivity contribution in [3.05, 3.63) is 35.5 Å². The predicted molar refractivity (Wildman–Crippen MR) is 77.4 cm³/mol. The fraction of sp³-hybridized carbons (Fsp3) is 0.333. The molecular weight excluding hydrogens is 328 g/mol. The molecule has 0 radical (unpaired) electrons. The number of rotatable bonds is 5. The zero-order valence-corrected chi connectivity index (χ0v) is 13.0. The lowest BCUT2D eigenvalue weighted by Crippen LogP contribution is -2.39. The Hall–Kier alpha value is -2.68. The number of hydrogen-bond acceptors (Lipinski definition) is 7. The summed E-state index contributed by atoms with van der Waals surface area (Å²) in [6.45, 7) is -3.39. The molecule has 1 aromatic carbocycles. The molecule has 1 heterocycles. The van der Waals surface area contributed by atoms with Gasteiger partial charge < -0.3 is 23.8 Å². The van der Waals surface area contributed by atoms with Crippen molar-refractivity contribution in [3.63, 3.8) is 0 Å². The molecule has 7 nitrogen and oxygen atoms in total. The van der Waals surface area contributed by atoms with Crippen LogP contribution in [0.1, 0.15) is 0 Å². The van der Waals surface area contributed by atoms with E-state index in [1.807, 2.05) is 0 Å². The van der Waals surface area contributed by atoms with Crippen LogP contribution in [0, 0.1) is 0 Å². The van der Waals surface area contributed by atoms with E-state index in [2.05, 4.69) is 9.47 Å². The molecule has 0 fully saturated rings. The van der Waals surface area contributed by atoms with Crippen LogP contribution in [0.2, 0.25) is 0 Å². The minimum absolute atomic E-state index is 0.0811. The molecule has 9 heteroatoms. The average molecular weight is 343 g/mol. The van der Waals surface area contributed by atoms with E-state index in [0.29, 0.717) is 0 Å². The molecular formula is C15H15F2NO6. The fourth-order valence-electron chi connectivity index (χ4n) is 2.21. The number of anilines is 1. The van der Waals surface area contributed by atoms with Crippen LogP contribution in [-0.4, -0.2) is 46.1 Å². The molecule has 0 spiro atoms. The molecule has 0 aliphatic carbocycles. The Labute approximate surface area is 136 Å². The van der Waals surface area contributed by atoms with Crippen LogP contribution in [0.3, 0.4) is 0 Å². The first-order chi connectivity index (χ1) is 11.5. The van der Waals surface area contributed by atoms with Crippen molar-refractivity contribution < 1.29 is 37.3 Å². The second-order valence-corrected chi connectivity index (χ2v) is 4.56. The van der Waals surface area contributed by atoms with E-state index in [9.17, 15) is 18.4 Å². The third-order valence-electron chi connectivity index (χ3n) is 3.21. The molecule has 0 saturated carbocycles. The lowest BCUT2D eigenvalue weighted by Gasteiger charge is -2.32. The highest BCUT2D eigenvalue weighted by molar-refractivity contribution is 6.03. The zero-order valence-electron chi connectivity index (χ0n) is 13.0. The minimum Gasteiger partial charge on any atom is -0.466 e. The van der Waals surface area contributed by atoms with Gasteiger partial charge in [0.25, 0.3) is 0 Å². The van der Waals surface area contributed by atoms with Crippen LogP contribution in [0.5, 0.6) is 5.75 Å². The SMILES string of the molecule is COC(=O)C1=C(C(=O)OC)N(c2ccccc2OC(F)F)COC1. The van der Waals surface area contributed by atoms with Crippen LogP contribution < -0.4 is 9.64 Å². The van der Waals surface area contributed by atoms with Crippen molar-refractivity contribution in [1.29, 1.82) is 0 Å².